The quantitative estimate of drug-likeness (QED) is 0.740. The molecule has 6 heteroatoms. The van der Waals surface area contributed by atoms with E-state index in [-0.39, 0.29) is 30.4 Å². The molecule has 1 aliphatic carbocycles. The number of carbonyl (C=O) groups is 1. The van der Waals surface area contributed by atoms with Crippen LogP contribution >= 0.6 is 0 Å². The maximum Gasteiger partial charge on any atom is 0.237 e. The van der Waals surface area contributed by atoms with Crippen LogP contribution in [0.15, 0.2) is 54.0 Å². The number of rotatable bonds is 5. The number of fused-ring (bicyclic) bond motifs is 2. The highest BCUT2D eigenvalue weighted by Crippen LogP contribution is 2.50. The Bertz CT molecular complexity index is 867. The second kappa shape index (κ2) is 6.46. The zero-order valence-electron chi connectivity index (χ0n) is 15.6. The zero-order chi connectivity index (χ0) is 19.2. The Morgan fingerprint density at radius 3 is 2.78 bits per heavy atom. The van der Waals surface area contributed by atoms with Crippen LogP contribution in [0.5, 0.6) is 11.5 Å². The van der Waals surface area contributed by atoms with Crippen LogP contribution in [0.25, 0.3) is 0 Å². The van der Waals surface area contributed by atoms with Crippen LogP contribution in [0, 0.1) is 5.92 Å². The van der Waals surface area contributed by atoms with Gasteiger partial charge in [0, 0.05) is 25.0 Å². The van der Waals surface area contributed by atoms with E-state index in [1.165, 1.54) is 14.2 Å². The minimum Gasteiger partial charge on any atom is -0.490 e. The number of methoxy groups -OCH3 is 2. The van der Waals surface area contributed by atoms with Gasteiger partial charge in [-0.1, -0.05) is 19.1 Å². The molecule has 2 aliphatic heterocycles. The minimum atomic E-state index is -1.12. The average molecular weight is 370 g/mol. The molecular weight excluding hydrogens is 348 g/mol. The Balaban J connectivity index is 1.77. The van der Waals surface area contributed by atoms with E-state index < -0.39 is 5.60 Å². The maximum atomic E-state index is 13.0. The zero-order valence-corrected chi connectivity index (χ0v) is 15.6. The average Bonchev–Trinajstić information content (AvgIpc) is 3.27. The van der Waals surface area contributed by atoms with E-state index >= 15 is 0 Å². The molecule has 1 aromatic carbocycles. The van der Waals surface area contributed by atoms with E-state index in [0.717, 1.165) is 16.9 Å². The number of Topliss-reactive ketones (excluding diaryl/α,β-unsaturated/α-hetero) is 1. The predicted octanol–water partition coefficient (Wildman–Crippen LogP) is 3.45. The van der Waals surface area contributed by atoms with E-state index in [1.54, 1.807) is 6.08 Å². The summed E-state index contributed by atoms with van der Waals surface area (Å²) in [5.41, 5.74) is 0.731. The largest absolute Gasteiger partial charge is 0.490 e. The lowest BCUT2D eigenvalue weighted by Gasteiger charge is -2.31. The summed E-state index contributed by atoms with van der Waals surface area (Å²) in [6.45, 7) is 6.04. The van der Waals surface area contributed by atoms with Gasteiger partial charge >= 0.3 is 0 Å². The third kappa shape index (κ3) is 2.55. The Morgan fingerprint density at radius 1 is 1.30 bits per heavy atom. The van der Waals surface area contributed by atoms with Crippen LogP contribution in [0.3, 0.4) is 0 Å². The van der Waals surface area contributed by atoms with Gasteiger partial charge in [-0.25, -0.2) is 0 Å². The van der Waals surface area contributed by atoms with Crippen molar-refractivity contribution in [2.24, 2.45) is 5.92 Å². The van der Waals surface area contributed by atoms with Crippen LogP contribution in [0.1, 0.15) is 25.0 Å². The fourth-order valence-electron chi connectivity index (χ4n) is 3.89. The summed E-state index contributed by atoms with van der Waals surface area (Å²) >= 11 is 0. The fraction of sp³-hybridized carbons (Fsp3) is 0.381. The second-order valence-electron chi connectivity index (χ2n) is 6.82. The molecule has 142 valence electrons. The van der Waals surface area contributed by atoms with E-state index in [4.69, 9.17) is 23.7 Å². The molecule has 0 bridgehead atoms. The van der Waals surface area contributed by atoms with Crippen molar-refractivity contribution in [1.29, 1.82) is 0 Å². The summed E-state index contributed by atoms with van der Waals surface area (Å²) in [7, 11) is 2.99. The van der Waals surface area contributed by atoms with Gasteiger partial charge in [-0.15, -0.1) is 6.58 Å². The van der Waals surface area contributed by atoms with Crippen LogP contribution < -0.4 is 9.47 Å². The van der Waals surface area contributed by atoms with Gasteiger partial charge in [-0.05, 0) is 23.8 Å². The molecule has 0 amide bonds. The van der Waals surface area contributed by atoms with Gasteiger partial charge < -0.3 is 23.7 Å². The number of ketones is 1. The van der Waals surface area contributed by atoms with E-state index in [9.17, 15) is 4.79 Å². The lowest BCUT2D eigenvalue weighted by atomic mass is 9.81. The molecule has 0 saturated carbocycles. The molecule has 0 unspecified atom stereocenters. The number of ether oxygens (including phenoxy) is 5. The summed E-state index contributed by atoms with van der Waals surface area (Å²) in [4.78, 5) is 13.0. The molecule has 3 atom stereocenters. The SMILES string of the molecule is C=CC[C@@]1(OC)C=C2C(=C(OC)C1=O)O[C@H](c1ccc3c(c1)OCO3)[C@H]2C. The molecule has 4 rings (SSSR count). The van der Waals surface area contributed by atoms with Crippen molar-refractivity contribution in [2.45, 2.75) is 25.0 Å². The van der Waals surface area contributed by atoms with Crippen molar-refractivity contribution in [2.75, 3.05) is 21.0 Å². The second-order valence-corrected chi connectivity index (χ2v) is 6.82. The number of carbonyl (C=O) groups excluding carboxylic acids is 1. The summed E-state index contributed by atoms with van der Waals surface area (Å²) in [5, 5.41) is 0. The van der Waals surface area contributed by atoms with Crippen molar-refractivity contribution in [3.8, 4) is 11.5 Å². The van der Waals surface area contributed by atoms with E-state index in [1.807, 2.05) is 24.3 Å². The standard InChI is InChI=1S/C21H22O6/c1-5-8-21(24-4)10-14-12(2)17(27-18(14)19(23-3)20(21)22)13-6-7-15-16(9-13)26-11-25-15/h5-7,9-10,12,17H,1,8,11H2,2-4H3/t12-,17-,21+/m0/s1. The third-order valence-electron chi connectivity index (χ3n) is 5.38. The molecule has 0 N–H and O–H groups in total. The van der Waals surface area contributed by atoms with Crippen LogP contribution in [-0.4, -0.2) is 32.4 Å². The summed E-state index contributed by atoms with van der Waals surface area (Å²) < 4.78 is 28.1. The number of allylic oxidation sites excluding steroid dienone is 1. The molecule has 0 spiro atoms. The molecule has 3 aliphatic rings. The first-order valence-electron chi connectivity index (χ1n) is 8.83. The van der Waals surface area contributed by atoms with Gasteiger partial charge in [0.2, 0.25) is 18.3 Å². The van der Waals surface area contributed by atoms with Crippen molar-refractivity contribution in [1.82, 2.24) is 0 Å². The first-order valence-corrected chi connectivity index (χ1v) is 8.83. The lowest BCUT2D eigenvalue weighted by molar-refractivity contribution is -0.135. The normalized spacial score (nSPS) is 28.6. The number of hydrogen-bond acceptors (Lipinski definition) is 6. The van der Waals surface area contributed by atoms with Crippen LogP contribution in [0.2, 0.25) is 0 Å². The van der Waals surface area contributed by atoms with E-state index in [2.05, 4.69) is 13.5 Å². The van der Waals surface area contributed by atoms with Gasteiger partial charge in [0.05, 0.1) is 7.11 Å². The minimum absolute atomic E-state index is 0.00189. The van der Waals surface area contributed by atoms with Crippen molar-refractivity contribution < 1.29 is 28.5 Å². The highest BCUT2D eigenvalue weighted by molar-refractivity contribution is 6.04. The molecule has 6 nitrogen and oxygen atoms in total. The molecule has 1 fully saturated rings. The van der Waals surface area contributed by atoms with Crippen molar-refractivity contribution in [3.63, 3.8) is 0 Å². The first-order chi connectivity index (χ1) is 13.0. The summed E-state index contributed by atoms with van der Waals surface area (Å²) in [6, 6.07) is 5.75. The predicted molar refractivity (Wildman–Crippen MR) is 97.2 cm³/mol. The smallest absolute Gasteiger partial charge is 0.237 e. The Hall–Kier alpha value is -2.73. The molecular formula is C21H22O6. The molecule has 0 radical (unpaired) electrons. The first kappa shape index (κ1) is 17.7. The van der Waals surface area contributed by atoms with E-state index in [0.29, 0.717) is 17.9 Å². The van der Waals surface area contributed by atoms with Crippen molar-refractivity contribution in [3.05, 3.63) is 59.6 Å². The lowest BCUT2D eigenvalue weighted by Crippen LogP contribution is -2.43. The van der Waals surface area contributed by atoms with Gasteiger partial charge in [0.1, 0.15) is 6.10 Å². The van der Waals surface area contributed by atoms with Gasteiger partial charge in [0.25, 0.3) is 0 Å². The summed E-state index contributed by atoms with van der Waals surface area (Å²) in [6.07, 6.45) is 3.61. The molecule has 27 heavy (non-hydrogen) atoms. The van der Waals surface area contributed by atoms with Gasteiger partial charge in [0.15, 0.2) is 22.9 Å². The maximum absolute atomic E-state index is 13.0. The third-order valence-corrected chi connectivity index (χ3v) is 5.38. The Labute approximate surface area is 158 Å². The Morgan fingerprint density at radius 2 is 2.07 bits per heavy atom. The van der Waals surface area contributed by atoms with Gasteiger partial charge in [-0.2, -0.15) is 0 Å². The summed E-state index contributed by atoms with van der Waals surface area (Å²) in [5.74, 6) is 1.82. The number of benzene rings is 1. The monoisotopic (exact) mass is 370 g/mol. The number of hydrogen-bond donors (Lipinski definition) is 0. The van der Waals surface area contributed by atoms with Crippen molar-refractivity contribution >= 4 is 5.78 Å². The Kier molecular flexibility index (Phi) is 4.23. The molecule has 0 aromatic heterocycles. The van der Waals surface area contributed by atoms with Gasteiger partial charge in [-0.3, -0.25) is 4.79 Å². The van der Waals surface area contributed by atoms with Crippen LogP contribution in [-0.2, 0) is 19.0 Å². The highest BCUT2D eigenvalue weighted by Gasteiger charge is 2.50. The molecule has 2 heterocycles. The topological polar surface area (TPSA) is 63.2 Å². The van der Waals surface area contributed by atoms with Crippen LogP contribution in [0.4, 0.5) is 0 Å². The fourth-order valence-corrected chi connectivity index (χ4v) is 3.89. The highest BCUT2D eigenvalue weighted by atomic mass is 16.7. The molecule has 1 saturated heterocycles. The molecule has 1 aromatic rings.